The monoisotopic (exact) mass is 445 g/mol. The van der Waals surface area contributed by atoms with E-state index in [1.54, 1.807) is 12.3 Å². The van der Waals surface area contributed by atoms with Gasteiger partial charge in [0.25, 0.3) is 0 Å². The molecule has 1 aliphatic rings. The summed E-state index contributed by atoms with van der Waals surface area (Å²) in [6, 6.07) is 12.0. The van der Waals surface area contributed by atoms with Crippen molar-refractivity contribution >= 4 is 29.0 Å². The molecule has 1 saturated carbocycles. The van der Waals surface area contributed by atoms with Crippen molar-refractivity contribution in [2.24, 2.45) is 5.73 Å². The first-order chi connectivity index (χ1) is 14.5. The molecule has 6 nitrogen and oxygen atoms in total. The molecular formula is C22H25Cl2N5O. The SMILES string of the molecule is NC1CCC(Nc2cccc(OCc3nccn3Cc3cc(Cl)cc(Cl)c3)n2)CC1. The molecule has 0 saturated heterocycles. The van der Waals surface area contributed by atoms with Gasteiger partial charge in [-0.3, -0.25) is 0 Å². The Balaban J connectivity index is 1.37. The Bertz CT molecular complexity index is 965. The molecule has 2 aromatic heterocycles. The molecule has 8 heteroatoms. The molecule has 3 aromatic rings. The number of benzene rings is 1. The Labute approximate surface area is 186 Å². The average molecular weight is 446 g/mol. The number of nitrogens with two attached hydrogens (primary N) is 1. The van der Waals surface area contributed by atoms with Crippen molar-refractivity contribution in [1.29, 1.82) is 0 Å². The third-order valence-electron chi connectivity index (χ3n) is 5.27. The highest BCUT2D eigenvalue weighted by Gasteiger charge is 2.18. The Kier molecular flexibility index (Phi) is 6.77. The lowest BCUT2D eigenvalue weighted by molar-refractivity contribution is 0.279. The number of hydrogen-bond donors (Lipinski definition) is 2. The molecule has 1 fully saturated rings. The fourth-order valence-electron chi connectivity index (χ4n) is 3.71. The number of nitrogens with one attached hydrogen (secondary N) is 1. The van der Waals surface area contributed by atoms with Gasteiger partial charge in [-0.15, -0.1) is 0 Å². The van der Waals surface area contributed by atoms with Crippen molar-refractivity contribution in [3.8, 4) is 5.88 Å². The second-order valence-electron chi connectivity index (χ2n) is 7.65. The fraction of sp³-hybridized carbons (Fsp3) is 0.364. The van der Waals surface area contributed by atoms with Crippen LogP contribution in [0.2, 0.25) is 10.0 Å². The predicted molar refractivity (Wildman–Crippen MR) is 120 cm³/mol. The summed E-state index contributed by atoms with van der Waals surface area (Å²) in [4.78, 5) is 9.00. The highest BCUT2D eigenvalue weighted by atomic mass is 35.5. The first-order valence-electron chi connectivity index (χ1n) is 10.1. The van der Waals surface area contributed by atoms with E-state index >= 15 is 0 Å². The maximum atomic E-state index is 6.11. The Morgan fingerprint density at radius 1 is 1.10 bits per heavy atom. The molecule has 2 heterocycles. The summed E-state index contributed by atoms with van der Waals surface area (Å²) in [5.74, 6) is 2.19. The zero-order valence-electron chi connectivity index (χ0n) is 16.6. The molecule has 0 amide bonds. The van der Waals surface area contributed by atoms with Crippen LogP contribution in [-0.4, -0.2) is 26.6 Å². The smallest absolute Gasteiger partial charge is 0.215 e. The summed E-state index contributed by atoms with van der Waals surface area (Å²) >= 11 is 12.2. The molecule has 0 atom stereocenters. The second kappa shape index (κ2) is 9.69. The molecule has 30 heavy (non-hydrogen) atoms. The van der Waals surface area contributed by atoms with Gasteiger partial charge in [0.05, 0.1) is 0 Å². The predicted octanol–water partition coefficient (Wildman–Crippen LogP) is 4.89. The van der Waals surface area contributed by atoms with E-state index in [1.807, 2.05) is 41.1 Å². The Morgan fingerprint density at radius 3 is 2.63 bits per heavy atom. The molecule has 3 N–H and O–H groups in total. The number of ether oxygens (including phenoxy) is 1. The molecule has 1 aromatic carbocycles. The highest BCUT2D eigenvalue weighted by Crippen LogP contribution is 2.22. The van der Waals surface area contributed by atoms with Crippen molar-refractivity contribution in [3.63, 3.8) is 0 Å². The number of hydrogen-bond acceptors (Lipinski definition) is 5. The average Bonchev–Trinajstić information content (AvgIpc) is 3.15. The van der Waals surface area contributed by atoms with E-state index in [0.717, 1.165) is 42.9 Å². The van der Waals surface area contributed by atoms with E-state index in [1.165, 1.54) is 0 Å². The number of halogens is 2. The molecule has 0 aliphatic heterocycles. The van der Waals surface area contributed by atoms with Crippen molar-refractivity contribution < 1.29 is 4.74 Å². The van der Waals surface area contributed by atoms with Gasteiger partial charge in [-0.2, -0.15) is 4.98 Å². The third-order valence-corrected chi connectivity index (χ3v) is 5.71. The second-order valence-corrected chi connectivity index (χ2v) is 8.53. The maximum Gasteiger partial charge on any atom is 0.215 e. The molecule has 0 radical (unpaired) electrons. The van der Waals surface area contributed by atoms with Gasteiger partial charge in [-0.05, 0) is 55.5 Å². The lowest BCUT2D eigenvalue weighted by atomic mass is 9.92. The third kappa shape index (κ3) is 5.65. The van der Waals surface area contributed by atoms with Gasteiger partial charge in [-0.25, -0.2) is 4.98 Å². The van der Waals surface area contributed by atoms with E-state index in [4.69, 9.17) is 33.7 Å². The lowest BCUT2D eigenvalue weighted by Gasteiger charge is -2.27. The molecule has 0 spiro atoms. The normalized spacial score (nSPS) is 18.9. The largest absolute Gasteiger partial charge is 0.469 e. The zero-order chi connectivity index (χ0) is 20.9. The quantitative estimate of drug-likeness (QED) is 0.540. The van der Waals surface area contributed by atoms with Gasteiger partial charge in [0, 0.05) is 47.1 Å². The van der Waals surface area contributed by atoms with Crippen LogP contribution in [0.5, 0.6) is 5.88 Å². The van der Waals surface area contributed by atoms with Gasteiger partial charge in [-0.1, -0.05) is 29.3 Å². The van der Waals surface area contributed by atoms with Gasteiger partial charge in [0.2, 0.25) is 5.88 Å². The van der Waals surface area contributed by atoms with E-state index in [-0.39, 0.29) is 0 Å². The standard InChI is InChI=1S/C22H25Cl2N5O/c23-16-10-15(11-17(24)12-16)13-29-9-8-26-21(29)14-30-22-3-1-2-20(28-22)27-19-6-4-18(25)5-7-19/h1-3,8-12,18-19H,4-7,13-14,25H2,(H,27,28). The summed E-state index contributed by atoms with van der Waals surface area (Å²) in [6.45, 7) is 0.924. The number of imidazole rings is 1. The molecular weight excluding hydrogens is 421 g/mol. The number of anilines is 1. The van der Waals surface area contributed by atoms with Crippen LogP contribution in [0.25, 0.3) is 0 Å². The lowest BCUT2D eigenvalue weighted by Crippen LogP contribution is -2.33. The molecule has 0 unspecified atom stereocenters. The van der Waals surface area contributed by atoms with Gasteiger partial charge >= 0.3 is 0 Å². The number of rotatable bonds is 7. The molecule has 1 aliphatic carbocycles. The highest BCUT2D eigenvalue weighted by molar-refractivity contribution is 6.34. The minimum absolute atomic E-state index is 0.316. The van der Waals surface area contributed by atoms with Crippen molar-refractivity contribution in [3.05, 3.63) is 70.2 Å². The van der Waals surface area contributed by atoms with Crippen molar-refractivity contribution in [2.75, 3.05) is 5.32 Å². The minimum Gasteiger partial charge on any atom is -0.469 e. The van der Waals surface area contributed by atoms with Crippen molar-refractivity contribution in [2.45, 2.75) is 50.9 Å². The number of nitrogens with zero attached hydrogens (tertiary/aromatic N) is 3. The first-order valence-corrected chi connectivity index (χ1v) is 10.9. The zero-order valence-corrected chi connectivity index (χ0v) is 18.1. The Morgan fingerprint density at radius 2 is 1.87 bits per heavy atom. The summed E-state index contributed by atoms with van der Waals surface area (Å²) in [5, 5.41) is 4.73. The summed E-state index contributed by atoms with van der Waals surface area (Å²) < 4.78 is 7.93. The van der Waals surface area contributed by atoms with Gasteiger partial charge < -0.3 is 20.4 Å². The summed E-state index contributed by atoms with van der Waals surface area (Å²) in [5.41, 5.74) is 6.99. The van der Waals surface area contributed by atoms with Crippen LogP contribution in [0.4, 0.5) is 5.82 Å². The van der Waals surface area contributed by atoms with E-state index in [9.17, 15) is 0 Å². The van der Waals surface area contributed by atoms with Crippen LogP contribution in [0.1, 0.15) is 37.1 Å². The van der Waals surface area contributed by atoms with Crippen LogP contribution in [0.3, 0.4) is 0 Å². The van der Waals surface area contributed by atoms with Crippen LogP contribution >= 0.6 is 23.2 Å². The van der Waals surface area contributed by atoms with Crippen LogP contribution in [0.15, 0.2) is 48.8 Å². The fourth-order valence-corrected chi connectivity index (χ4v) is 4.28. The summed E-state index contributed by atoms with van der Waals surface area (Å²) in [7, 11) is 0. The topological polar surface area (TPSA) is 78.0 Å². The number of pyridine rings is 1. The van der Waals surface area contributed by atoms with Gasteiger partial charge in [0.15, 0.2) is 0 Å². The van der Waals surface area contributed by atoms with E-state index in [2.05, 4.69) is 15.3 Å². The number of aromatic nitrogens is 3. The van der Waals surface area contributed by atoms with E-state index < -0.39 is 0 Å². The maximum absolute atomic E-state index is 6.11. The molecule has 0 bridgehead atoms. The Hall–Kier alpha value is -2.28. The van der Waals surface area contributed by atoms with Crippen LogP contribution < -0.4 is 15.8 Å². The van der Waals surface area contributed by atoms with Crippen LogP contribution in [0, 0.1) is 0 Å². The van der Waals surface area contributed by atoms with Gasteiger partial charge in [0.1, 0.15) is 18.2 Å². The molecule has 158 valence electrons. The first kappa shape index (κ1) is 21.0. The van der Waals surface area contributed by atoms with E-state index in [0.29, 0.717) is 41.2 Å². The minimum atomic E-state index is 0.316. The summed E-state index contributed by atoms with van der Waals surface area (Å²) in [6.07, 6.45) is 7.90. The molecule has 4 rings (SSSR count). The van der Waals surface area contributed by atoms with Crippen molar-refractivity contribution in [1.82, 2.24) is 14.5 Å². The van der Waals surface area contributed by atoms with Crippen LogP contribution in [-0.2, 0) is 13.2 Å².